The molecule has 1 saturated carbocycles. The van der Waals surface area contributed by atoms with Gasteiger partial charge in [0.2, 0.25) is 0 Å². The van der Waals surface area contributed by atoms with Gasteiger partial charge in [0.05, 0.1) is 6.10 Å². The van der Waals surface area contributed by atoms with E-state index in [1.807, 2.05) is 0 Å². The minimum Gasteiger partial charge on any atom is -0.391 e. The van der Waals surface area contributed by atoms with Crippen LogP contribution < -0.4 is 0 Å². The van der Waals surface area contributed by atoms with E-state index in [1.165, 1.54) is 19.3 Å². The molecule has 0 bridgehead atoms. The molecule has 3 nitrogen and oxygen atoms in total. The first-order valence-electron chi connectivity index (χ1n) is 6.68. The SMILES string of the molecule is CC1CN([C@H]2CCCC[C@@H]2O)CC1N(C)C. The average molecular weight is 226 g/mol. The molecule has 16 heavy (non-hydrogen) atoms. The molecule has 0 amide bonds. The van der Waals surface area contributed by atoms with Crippen molar-refractivity contribution in [3.63, 3.8) is 0 Å². The van der Waals surface area contributed by atoms with E-state index in [0.29, 0.717) is 12.1 Å². The molecule has 4 atom stereocenters. The van der Waals surface area contributed by atoms with Crippen LogP contribution in [0.4, 0.5) is 0 Å². The van der Waals surface area contributed by atoms with Crippen LogP contribution in [0.15, 0.2) is 0 Å². The highest BCUT2D eigenvalue weighted by Gasteiger charge is 2.37. The van der Waals surface area contributed by atoms with Crippen LogP contribution in [-0.4, -0.2) is 60.3 Å². The highest BCUT2D eigenvalue weighted by atomic mass is 16.3. The van der Waals surface area contributed by atoms with Gasteiger partial charge < -0.3 is 10.0 Å². The molecule has 2 rings (SSSR count). The van der Waals surface area contributed by atoms with Gasteiger partial charge in [0.15, 0.2) is 0 Å². The maximum atomic E-state index is 10.1. The number of likely N-dealkylation sites (tertiary alicyclic amines) is 1. The molecule has 2 aliphatic rings. The largest absolute Gasteiger partial charge is 0.391 e. The quantitative estimate of drug-likeness (QED) is 0.766. The molecule has 1 N–H and O–H groups in total. The minimum atomic E-state index is -0.0816. The molecule has 94 valence electrons. The van der Waals surface area contributed by atoms with E-state index >= 15 is 0 Å². The Bertz CT molecular complexity index is 232. The molecular formula is C13H26N2O. The van der Waals surface area contributed by atoms with Crippen molar-refractivity contribution in [1.82, 2.24) is 9.80 Å². The smallest absolute Gasteiger partial charge is 0.0695 e. The molecular weight excluding hydrogens is 200 g/mol. The fraction of sp³-hybridized carbons (Fsp3) is 1.00. The zero-order valence-electron chi connectivity index (χ0n) is 10.9. The first-order valence-corrected chi connectivity index (χ1v) is 6.68. The van der Waals surface area contributed by atoms with Gasteiger partial charge in [-0.2, -0.15) is 0 Å². The maximum Gasteiger partial charge on any atom is 0.0695 e. The average Bonchev–Trinajstić information content (AvgIpc) is 2.61. The normalized spacial score (nSPS) is 41.8. The highest BCUT2D eigenvalue weighted by Crippen LogP contribution is 2.29. The number of nitrogens with zero attached hydrogens (tertiary/aromatic N) is 2. The standard InChI is InChI=1S/C13H26N2O/c1-10-8-15(9-12(10)14(2)3)11-6-4-5-7-13(11)16/h10-13,16H,4-9H2,1-3H3/t10?,11-,12?,13-/m0/s1. The van der Waals surface area contributed by atoms with Crippen LogP contribution >= 0.6 is 0 Å². The predicted molar refractivity (Wildman–Crippen MR) is 66.5 cm³/mol. The number of rotatable bonds is 2. The van der Waals surface area contributed by atoms with Crippen molar-refractivity contribution >= 4 is 0 Å². The van der Waals surface area contributed by atoms with E-state index < -0.39 is 0 Å². The van der Waals surface area contributed by atoms with Gasteiger partial charge in [-0.1, -0.05) is 19.8 Å². The second-order valence-corrected chi connectivity index (χ2v) is 5.88. The summed E-state index contributed by atoms with van der Waals surface area (Å²) in [5, 5.41) is 10.1. The summed E-state index contributed by atoms with van der Waals surface area (Å²) >= 11 is 0. The van der Waals surface area contributed by atoms with Crippen LogP contribution in [0.5, 0.6) is 0 Å². The fourth-order valence-electron chi connectivity index (χ4n) is 3.45. The first-order chi connectivity index (χ1) is 7.59. The molecule has 1 aliphatic heterocycles. The third-order valence-electron chi connectivity index (χ3n) is 4.43. The summed E-state index contributed by atoms with van der Waals surface area (Å²) in [4.78, 5) is 4.86. The van der Waals surface area contributed by atoms with E-state index in [9.17, 15) is 5.11 Å². The Morgan fingerprint density at radius 1 is 1.12 bits per heavy atom. The van der Waals surface area contributed by atoms with Gasteiger partial charge in [-0.05, 0) is 32.9 Å². The molecule has 0 spiro atoms. The molecule has 0 aromatic rings. The van der Waals surface area contributed by atoms with Gasteiger partial charge in [0.1, 0.15) is 0 Å². The zero-order valence-corrected chi connectivity index (χ0v) is 10.9. The summed E-state index contributed by atoms with van der Waals surface area (Å²) in [5.41, 5.74) is 0. The Kier molecular flexibility index (Phi) is 3.88. The van der Waals surface area contributed by atoms with E-state index in [0.717, 1.165) is 25.4 Å². The molecule has 2 unspecified atom stereocenters. The lowest BCUT2D eigenvalue weighted by Gasteiger charge is -2.35. The van der Waals surface area contributed by atoms with Crippen molar-refractivity contribution in [2.45, 2.75) is 50.8 Å². The molecule has 1 heterocycles. The summed E-state index contributed by atoms with van der Waals surface area (Å²) < 4.78 is 0. The summed E-state index contributed by atoms with van der Waals surface area (Å²) in [6, 6.07) is 1.09. The van der Waals surface area contributed by atoms with Crippen molar-refractivity contribution in [3.05, 3.63) is 0 Å². The van der Waals surface area contributed by atoms with Crippen LogP contribution in [-0.2, 0) is 0 Å². The lowest BCUT2D eigenvalue weighted by atomic mass is 9.91. The van der Waals surface area contributed by atoms with E-state index in [2.05, 4.69) is 30.8 Å². The second-order valence-electron chi connectivity index (χ2n) is 5.88. The Morgan fingerprint density at radius 3 is 2.38 bits per heavy atom. The number of aliphatic hydroxyl groups excluding tert-OH is 1. The third kappa shape index (κ3) is 2.41. The summed E-state index contributed by atoms with van der Waals surface area (Å²) in [5.74, 6) is 0.726. The molecule has 2 fully saturated rings. The van der Waals surface area contributed by atoms with Crippen LogP contribution in [0.3, 0.4) is 0 Å². The lowest BCUT2D eigenvalue weighted by molar-refractivity contribution is 0.0279. The lowest BCUT2D eigenvalue weighted by Crippen LogP contribution is -2.45. The molecule has 0 aromatic carbocycles. The topological polar surface area (TPSA) is 26.7 Å². The van der Waals surface area contributed by atoms with Crippen molar-refractivity contribution < 1.29 is 5.11 Å². The van der Waals surface area contributed by atoms with Gasteiger partial charge in [-0.3, -0.25) is 4.90 Å². The highest BCUT2D eigenvalue weighted by molar-refractivity contribution is 4.93. The van der Waals surface area contributed by atoms with Gasteiger partial charge in [-0.25, -0.2) is 0 Å². The van der Waals surface area contributed by atoms with Gasteiger partial charge in [-0.15, -0.1) is 0 Å². The van der Waals surface area contributed by atoms with Crippen molar-refractivity contribution in [2.75, 3.05) is 27.2 Å². The minimum absolute atomic E-state index is 0.0816. The van der Waals surface area contributed by atoms with Crippen LogP contribution in [0, 0.1) is 5.92 Å². The van der Waals surface area contributed by atoms with E-state index in [-0.39, 0.29) is 6.10 Å². The Labute approximate surface area is 99.4 Å². The molecule has 1 aliphatic carbocycles. The molecule has 0 radical (unpaired) electrons. The number of hydrogen-bond acceptors (Lipinski definition) is 3. The van der Waals surface area contributed by atoms with E-state index in [4.69, 9.17) is 0 Å². The molecule has 0 aromatic heterocycles. The van der Waals surface area contributed by atoms with E-state index in [1.54, 1.807) is 0 Å². The third-order valence-corrected chi connectivity index (χ3v) is 4.43. The predicted octanol–water partition coefficient (Wildman–Crippen LogP) is 1.17. The van der Waals surface area contributed by atoms with Crippen molar-refractivity contribution in [2.24, 2.45) is 5.92 Å². The van der Waals surface area contributed by atoms with Crippen molar-refractivity contribution in [1.29, 1.82) is 0 Å². The number of aliphatic hydroxyl groups is 1. The summed E-state index contributed by atoms with van der Waals surface area (Å²) in [6.07, 6.45) is 4.61. The van der Waals surface area contributed by atoms with Gasteiger partial charge >= 0.3 is 0 Å². The summed E-state index contributed by atoms with van der Waals surface area (Å²) in [6.45, 7) is 4.63. The Morgan fingerprint density at radius 2 is 1.81 bits per heavy atom. The fourth-order valence-corrected chi connectivity index (χ4v) is 3.45. The van der Waals surface area contributed by atoms with Crippen molar-refractivity contribution in [3.8, 4) is 0 Å². The molecule has 1 saturated heterocycles. The zero-order chi connectivity index (χ0) is 11.7. The second kappa shape index (κ2) is 5.03. The van der Waals surface area contributed by atoms with Crippen LogP contribution in [0.25, 0.3) is 0 Å². The number of hydrogen-bond donors (Lipinski definition) is 1. The Balaban J connectivity index is 1.96. The first kappa shape index (κ1) is 12.3. The summed E-state index contributed by atoms with van der Waals surface area (Å²) in [7, 11) is 4.34. The number of likely N-dealkylation sites (N-methyl/N-ethyl adjacent to an activating group) is 1. The van der Waals surface area contributed by atoms with Gasteiger partial charge in [0.25, 0.3) is 0 Å². The van der Waals surface area contributed by atoms with Gasteiger partial charge in [0, 0.05) is 25.2 Å². The Hall–Kier alpha value is -0.120. The van der Waals surface area contributed by atoms with Crippen LogP contribution in [0.2, 0.25) is 0 Å². The molecule has 3 heteroatoms. The monoisotopic (exact) mass is 226 g/mol. The van der Waals surface area contributed by atoms with Crippen LogP contribution in [0.1, 0.15) is 32.6 Å². The maximum absolute atomic E-state index is 10.1.